The normalized spacial score (nSPS) is 14.6. The second kappa shape index (κ2) is 7.99. The average Bonchev–Trinajstić information content (AvgIpc) is 2.65. The molecule has 0 aliphatic heterocycles. The van der Waals surface area contributed by atoms with E-state index in [1.54, 1.807) is 7.11 Å². The lowest BCUT2D eigenvalue weighted by Crippen LogP contribution is -2.39. The molecule has 1 aromatic heterocycles. The molecule has 3 N–H and O–H groups in total. The number of rotatable bonds is 8. The van der Waals surface area contributed by atoms with Crippen molar-refractivity contribution in [3.05, 3.63) is 15.9 Å². The lowest BCUT2D eigenvalue weighted by atomic mass is 9.99. The van der Waals surface area contributed by atoms with Crippen molar-refractivity contribution in [1.29, 1.82) is 0 Å². The van der Waals surface area contributed by atoms with E-state index in [4.69, 9.17) is 10.6 Å². The first-order valence-corrected chi connectivity index (χ1v) is 7.49. The molecule has 1 aromatic rings. The number of methoxy groups -OCH3 is 1. The Kier molecular flexibility index (Phi) is 6.99. The van der Waals surface area contributed by atoms with E-state index in [0.29, 0.717) is 5.92 Å². The fourth-order valence-corrected chi connectivity index (χ4v) is 2.79. The highest BCUT2D eigenvalue weighted by Crippen LogP contribution is 2.23. The molecule has 0 saturated carbocycles. The molecule has 19 heavy (non-hydrogen) atoms. The maximum atomic E-state index is 5.68. The number of nitrogens with one attached hydrogen (secondary N) is 1. The van der Waals surface area contributed by atoms with Gasteiger partial charge in [-0.2, -0.15) is 5.10 Å². The number of ether oxygens (including phenoxy) is 1. The van der Waals surface area contributed by atoms with E-state index < -0.39 is 0 Å². The third kappa shape index (κ3) is 4.56. The smallest absolute Gasteiger partial charge is 0.0738 e. The predicted molar refractivity (Wildman–Crippen MR) is 80.8 cm³/mol. The van der Waals surface area contributed by atoms with Crippen LogP contribution < -0.4 is 11.3 Å². The van der Waals surface area contributed by atoms with Crippen molar-refractivity contribution in [3.8, 4) is 0 Å². The second-order valence-corrected chi connectivity index (χ2v) is 5.82. The molecular formula is C13H25BrN4O. The molecule has 2 unspecified atom stereocenters. The molecule has 0 aliphatic rings. The number of halogens is 1. The first-order valence-electron chi connectivity index (χ1n) is 6.70. The quantitative estimate of drug-likeness (QED) is 0.564. The molecule has 0 spiro atoms. The largest absolute Gasteiger partial charge is 0.384 e. The van der Waals surface area contributed by atoms with E-state index in [-0.39, 0.29) is 6.04 Å². The third-order valence-corrected chi connectivity index (χ3v) is 4.30. The summed E-state index contributed by atoms with van der Waals surface area (Å²) in [5, 5.41) is 4.51. The van der Waals surface area contributed by atoms with E-state index in [9.17, 15) is 0 Å². The molecule has 1 heterocycles. The Bertz CT molecular complexity index is 394. The maximum absolute atomic E-state index is 5.68. The van der Waals surface area contributed by atoms with Crippen LogP contribution in [0, 0.1) is 12.8 Å². The molecule has 6 heteroatoms. The summed E-state index contributed by atoms with van der Waals surface area (Å²) in [7, 11) is 1.73. The predicted octanol–water partition coefficient (Wildman–Crippen LogP) is 2.02. The molecule has 0 fully saturated rings. The van der Waals surface area contributed by atoms with Crippen molar-refractivity contribution in [2.24, 2.45) is 11.8 Å². The lowest BCUT2D eigenvalue weighted by Gasteiger charge is -2.20. The zero-order chi connectivity index (χ0) is 14.4. The fourth-order valence-electron chi connectivity index (χ4n) is 2.35. The van der Waals surface area contributed by atoms with E-state index in [0.717, 1.165) is 36.2 Å². The van der Waals surface area contributed by atoms with Crippen LogP contribution in [0.15, 0.2) is 4.47 Å². The molecule has 110 valence electrons. The van der Waals surface area contributed by atoms with Gasteiger partial charge in [0.25, 0.3) is 0 Å². The highest BCUT2D eigenvalue weighted by Gasteiger charge is 2.18. The van der Waals surface area contributed by atoms with Crippen LogP contribution in [0.25, 0.3) is 0 Å². The van der Waals surface area contributed by atoms with Gasteiger partial charge in [0.15, 0.2) is 0 Å². The minimum absolute atomic E-state index is 0.225. The van der Waals surface area contributed by atoms with Gasteiger partial charge in [0.1, 0.15) is 0 Å². The van der Waals surface area contributed by atoms with Crippen LogP contribution in [0.1, 0.15) is 31.7 Å². The van der Waals surface area contributed by atoms with Crippen molar-refractivity contribution >= 4 is 15.9 Å². The molecule has 1 rings (SSSR count). The highest BCUT2D eigenvalue weighted by molar-refractivity contribution is 9.10. The number of hydrogen-bond donors (Lipinski definition) is 2. The zero-order valence-electron chi connectivity index (χ0n) is 12.2. The van der Waals surface area contributed by atoms with Crippen LogP contribution in [-0.2, 0) is 17.7 Å². The maximum Gasteiger partial charge on any atom is 0.0738 e. The van der Waals surface area contributed by atoms with Crippen LogP contribution in [0.5, 0.6) is 0 Å². The van der Waals surface area contributed by atoms with Crippen molar-refractivity contribution in [1.82, 2.24) is 15.2 Å². The van der Waals surface area contributed by atoms with Gasteiger partial charge in [-0.3, -0.25) is 16.0 Å². The molecular weight excluding hydrogens is 308 g/mol. The zero-order valence-corrected chi connectivity index (χ0v) is 13.8. The molecule has 0 bridgehead atoms. The first kappa shape index (κ1) is 16.6. The monoisotopic (exact) mass is 332 g/mol. The lowest BCUT2D eigenvalue weighted by molar-refractivity contribution is 0.149. The third-order valence-electron chi connectivity index (χ3n) is 3.27. The van der Waals surface area contributed by atoms with Crippen LogP contribution in [0.2, 0.25) is 0 Å². The molecule has 0 aliphatic carbocycles. The molecule has 0 amide bonds. The van der Waals surface area contributed by atoms with E-state index in [1.807, 2.05) is 11.6 Å². The van der Waals surface area contributed by atoms with E-state index in [2.05, 4.69) is 40.3 Å². The summed E-state index contributed by atoms with van der Waals surface area (Å²) in [6, 6.07) is 0.225. The molecule has 0 aromatic carbocycles. The first-order chi connectivity index (χ1) is 9.03. The Hall–Kier alpha value is -0.430. The van der Waals surface area contributed by atoms with Gasteiger partial charge < -0.3 is 4.74 Å². The van der Waals surface area contributed by atoms with Gasteiger partial charge in [-0.1, -0.05) is 6.92 Å². The van der Waals surface area contributed by atoms with E-state index in [1.165, 1.54) is 5.69 Å². The van der Waals surface area contributed by atoms with Gasteiger partial charge in [0, 0.05) is 32.7 Å². The van der Waals surface area contributed by atoms with Gasteiger partial charge >= 0.3 is 0 Å². The second-order valence-electron chi connectivity index (χ2n) is 5.03. The number of nitrogens with two attached hydrogens (primary N) is 1. The summed E-state index contributed by atoms with van der Waals surface area (Å²) < 4.78 is 8.30. The summed E-state index contributed by atoms with van der Waals surface area (Å²) in [5.41, 5.74) is 5.14. The van der Waals surface area contributed by atoms with Crippen LogP contribution in [0.4, 0.5) is 0 Å². The van der Waals surface area contributed by atoms with Crippen LogP contribution >= 0.6 is 15.9 Å². The van der Waals surface area contributed by atoms with E-state index >= 15 is 0 Å². The van der Waals surface area contributed by atoms with Crippen LogP contribution in [-0.4, -0.2) is 29.5 Å². The van der Waals surface area contributed by atoms with Gasteiger partial charge in [-0.15, -0.1) is 0 Å². The number of hydrogen-bond acceptors (Lipinski definition) is 4. The number of aryl methyl sites for hydroxylation is 2. The van der Waals surface area contributed by atoms with Crippen molar-refractivity contribution in [2.75, 3.05) is 13.7 Å². The van der Waals surface area contributed by atoms with Gasteiger partial charge in [-0.25, -0.2) is 0 Å². The number of hydrazine groups is 1. The number of aromatic nitrogens is 2. The minimum atomic E-state index is 0.225. The molecule has 0 radical (unpaired) electrons. The Morgan fingerprint density at radius 2 is 2.21 bits per heavy atom. The Balaban J connectivity index is 2.75. The average molecular weight is 333 g/mol. The standard InChI is InChI=1S/C13H25BrN4O/c1-5-18-12(13(14)10(3)17-18)7-11(16-15)6-9(2)8-19-4/h9,11,16H,5-8,15H2,1-4H3. The summed E-state index contributed by atoms with van der Waals surface area (Å²) in [4.78, 5) is 0. The Morgan fingerprint density at radius 1 is 1.53 bits per heavy atom. The molecule has 0 saturated heterocycles. The fraction of sp³-hybridized carbons (Fsp3) is 0.769. The summed E-state index contributed by atoms with van der Waals surface area (Å²) in [6.07, 6.45) is 1.84. The summed E-state index contributed by atoms with van der Waals surface area (Å²) in [6.45, 7) is 7.91. The topological polar surface area (TPSA) is 65.1 Å². The molecule has 5 nitrogen and oxygen atoms in total. The van der Waals surface area contributed by atoms with Gasteiger partial charge in [0.05, 0.1) is 15.9 Å². The van der Waals surface area contributed by atoms with Crippen molar-refractivity contribution < 1.29 is 4.74 Å². The molecule has 2 atom stereocenters. The Labute approximate surface area is 124 Å². The van der Waals surface area contributed by atoms with Gasteiger partial charge in [-0.05, 0) is 42.1 Å². The minimum Gasteiger partial charge on any atom is -0.384 e. The van der Waals surface area contributed by atoms with Gasteiger partial charge in [0.2, 0.25) is 0 Å². The van der Waals surface area contributed by atoms with Crippen LogP contribution in [0.3, 0.4) is 0 Å². The SMILES string of the molecule is CCn1nc(C)c(Br)c1CC(CC(C)COC)NN. The summed E-state index contributed by atoms with van der Waals surface area (Å²) in [5.74, 6) is 6.15. The Morgan fingerprint density at radius 3 is 2.74 bits per heavy atom. The summed E-state index contributed by atoms with van der Waals surface area (Å²) >= 11 is 3.62. The number of nitrogens with zero attached hydrogens (tertiary/aromatic N) is 2. The van der Waals surface area contributed by atoms with Crippen molar-refractivity contribution in [2.45, 2.75) is 46.2 Å². The highest BCUT2D eigenvalue weighted by atomic mass is 79.9. The van der Waals surface area contributed by atoms with Crippen molar-refractivity contribution in [3.63, 3.8) is 0 Å².